The Morgan fingerprint density at radius 2 is 1.84 bits per heavy atom. The van der Waals surface area contributed by atoms with Gasteiger partial charge in [-0.05, 0) is 52.4 Å². The fourth-order valence-electron chi connectivity index (χ4n) is 3.38. The van der Waals surface area contributed by atoms with Crippen LogP contribution in [-0.2, 0) is 9.53 Å². The molecule has 0 radical (unpaired) electrons. The molecule has 1 aliphatic heterocycles. The van der Waals surface area contributed by atoms with Gasteiger partial charge in [0.15, 0.2) is 0 Å². The molecule has 1 aliphatic carbocycles. The summed E-state index contributed by atoms with van der Waals surface area (Å²) in [5, 5.41) is 2.92. The highest BCUT2D eigenvalue weighted by Gasteiger charge is 2.48. The average molecular weight is 268 g/mol. The Balaban J connectivity index is 1.91. The third-order valence-electron chi connectivity index (χ3n) is 4.06. The number of fused-ring (bicyclic) bond motifs is 1. The van der Waals surface area contributed by atoms with Gasteiger partial charge in [0.05, 0.1) is 0 Å². The van der Waals surface area contributed by atoms with Crippen molar-refractivity contribution in [2.45, 2.75) is 51.7 Å². The predicted molar refractivity (Wildman–Crippen MR) is 71.6 cm³/mol. The van der Waals surface area contributed by atoms with E-state index in [1.165, 1.54) is 0 Å². The Kier molecular flexibility index (Phi) is 3.49. The van der Waals surface area contributed by atoms with E-state index in [1.54, 1.807) is 4.90 Å². The standard InChI is InChI=1S/C14H24N2O3/c1-13(2,3)19-12(18)16-7-10-5-14(4,15-9-17)6-11(10)8-16/h9-11H,5-8H2,1-4H3,(H,15,17)/t10-,11+,14?. The molecular weight excluding hydrogens is 244 g/mol. The Morgan fingerprint density at radius 3 is 2.26 bits per heavy atom. The number of hydrogen-bond acceptors (Lipinski definition) is 3. The molecule has 0 spiro atoms. The normalized spacial score (nSPS) is 34.0. The monoisotopic (exact) mass is 268 g/mol. The lowest BCUT2D eigenvalue weighted by atomic mass is 9.98. The van der Waals surface area contributed by atoms with E-state index < -0.39 is 5.60 Å². The zero-order chi connectivity index (χ0) is 14.3. The van der Waals surface area contributed by atoms with E-state index in [0.717, 1.165) is 32.3 Å². The highest BCUT2D eigenvalue weighted by Crippen LogP contribution is 2.43. The number of ether oxygens (including phenoxy) is 1. The van der Waals surface area contributed by atoms with Crippen LogP contribution in [-0.4, -0.2) is 41.6 Å². The number of amides is 2. The van der Waals surface area contributed by atoms with Gasteiger partial charge in [-0.1, -0.05) is 0 Å². The molecule has 2 rings (SSSR count). The van der Waals surface area contributed by atoms with Crippen molar-refractivity contribution in [2.75, 3.05) is 13.1 Å². The molecule has 0 aromatic carbocycles. The van der Waals surface area contributed by atoms with Crippen LogP contribution in [0.15, 0.2) is 0 Å². The summed E-state index contributed by atoms with van der Waals surface area (Å²) in [6.45, 7) is 9.22. The summed E-state index contributed by atoms with van der Waals surface area (Å²) in [5.74, 6) is 0.954. The van der Waals surface area contributed by atoms with Crippen LogP contribution >= 0.6 is 0 Å². The molecule has 2 fully saturated rings. The SMILES string of the molecule is CC1(NC=O)C[C@H]2CN(C(=O)OC(C)(C)C)C[C@H]2C1. The number of hydrogen-bond donors (Lipinski definition) is 1. The van der Waals surface area contributed by atoms with Crippen molar-refractivity contribution >= 4 is 12.5 Å². The summed E-state index contributed by atoms with van der Waals surface area (Å²) < 4.78 is 5.40. The predicted octanol–water partition coefficient (Wildman–Crippen LogP) is 1.77. The highest BCUT2D eigenvalue weighted by molar-refractivity contribution is 5.68. The fourth-order valence-corrected chi connectivity index (χ4v) is 3.38. The Bertz CT molecular complexity index is 361. The molecule has 0 aromatic rings. The van der Waals surface area contributed by atoms with Crippen LogP contribution in [0.1, 0.15) is 40.5 Å². The molecule has 19 heavy (non-hydrogen) atoms. The summed E-state index contributed by atoms with van der Waals surface area (Å²) in [7, 11) is 0. The van der Waals surface area contributed by atoms with Crippen LogP contribution in [0.3, 0.4) is 0 Å². The maximum atomic E-state index is 12.0. The topological polar surface area (TPSA) is 58.6 Å². The van der Waals surface area contributed by atoms with E-state index in [4.69, 9.17) is 4.74 Å². The van der Waals surface area contributed by atoms with Crippen molar-refractivity contribution in [3.63, 3.8) is 0 Å². The third kappa shape index (κ3) is 3.19. The van der Waals surface area contributed by atoms with Crippen molar-refractivity contribution in [3.05, 3.63) is 0 Å². The second kappa shape index (κ2) is 4.69. The largest absolute Gasteiger partial charge is 0.444 e. The van der Waals surface area contributed by atoms with Crippen LogP contribution in [0, 0.1) is 11.8 Å². The van der Waals surface area contributed by atoms with Gasteiger partial charge >= 0.3 is 6.09 Å². The Morgan fingerprint density at radius 1 is 1.32 bits per heavy atom. The number of nitrogens with zero attached hydrogens (tertiary/aromatic N) is 1. The van der Waals surface area contributed by atoms with Gasteiger partial charge < -0.3 is 15.0 Å². The molecule has 1 unspecified atom stereocenters. The summed E-state index contributed by atoms with van der Waals surface area (Å²) in [5.41, 5.74) is -0.542. The van der Waals surface area contributed by atoms with Crippen LogP contribution < -0.4 is 5.32 Å². The molecular formula is C14H24N2O3. The molecule has 2 aliphatic rings. The van der Waals surface area contributed by atoms with Gasteiger partial charge in [0.2, 0.25) is 6.41 Å². The molecule has 0 aromatic heterocycles. The minimum Gasteiger partial charge on any atom is -0.444 e. The Labute approximate surface area is 114 Å². The van der Waals surface area contributed by atoms with Gasteiger partial charge in [-0.3, -0.25) is 4.79 Å². The number of rotatable bonds is 2. The van der Waals surface area contributed by atoms with Crippen molar-refractivity contribution in [3.8, 4) is 0 Å². The van der Waals surface area contributed by atoms with E-state index in [-0.39, 0.29) is 11.6 Å². The fraction of sp³-hybridized carbons (Fsp3) is 0.857. The lowest BCUT2D eigenvalue weighted by Crippen LogP contribution is -2.42. The van der Waals surface area contributed by atoms with E-state index in [2.05, 4.69) is 12.2 Å². The van der Waals surface area contributed by atoms with Crippen molar-refractivity contribution in [1.82, 2.24) is 10.2 Å². The third-order valence-corrected chi connectivity index (χ3v) is 4.06. The van der Waals surface area contributed by atoms with E-state index in [9.17, 15) is 9.59 Å². The summed E-state index contributed by atoms with van der Waals surface area (Å²) >= 11 is 0. The van der Waals surface area contributed by atoms with E-state index >= 15 is 0 Å². The number of likely N-dealkylation sites (tertiary alicyclic amines) is 1. The molecule has 0 bridgehead atoms. The first-order valence-electron chi connectivity index (χ1n) is 6.92. The van der Waals surface area contributed by atoms with Crippen molar-refractivity contribution in [1.29, 1.82) is 0 Å². The molecule has 1 saturated carbocycles. The van der Waals surface area contributed by atoms with E-state index in [1.807, 2.05) is 20.8 Å². The lowest BCUT2D eigenvalue weighted by molar-refractivity contribution is -0.111. The number of carbonyl (C=O) groups excluding carboxylic acids is 2. The van der Waals surface area contributed by atoms with Gasteiger partial charge in [0.1, 0.15) is 5.60 Å². The zero-order valence-corrected chi connectivity index (χ0v) is 12.2. The first kappa shape index (κ1) is 14.2. The number of nitrogens with one attached hydrogen (secondary N) is 1. The van der Waals surface area contributed by atoms with Crippen LogP contribution in [0.5, 0.6) is 0 Å². The highest BCUT2D eigenvalue weighted by atomic mass is 16.6. The smallest absolute Gasteiger partial charge is 0.410 e. The minimum atomic E-state index is -0.442. The molecule has 108 valence electrons. The van der Waals surface area contributed by atoms with Gasteiger partial charge in [-0.2, -0.15) is 0 Å². The molecule has 2 amide bonds. The lowest BCUT2D eigenvalue weighted by Gasteiger charge is -2.28. The number of carbonyl (C=O) groups is 2. The summed E-state index contributed by atoms with van der Waals surface area (Å²) in [4.78, 5) is 24.4. The van der Waals surface area contributed by atoms with Gasteiger partial charge in [-0.15, -0.1) is 0 Å². The maximum absolute atomic E-state index is 12.0. The van der Waals surface area contributed by atoms with Crippen LogP contribution in [0.25, 0.3) is 0 Å². The van der Waals surface area contributed by atoms with Crippen molar-refractivity contribution in [2.24, 2.45) is 11.8 Å². The average Bonchev–Trinajstić information content (AvgIpc) is 2.69. The summed E-state index contributed by atoms with van der Waals surface area (Å²) in [6.07, 6.45) is 2.45. The second-order valence-corrected chi connectivity index (χ2v) is 7.14. The van der Waals surface area contributed by atoms with Crippen LogP contribution in [0.4, 0.5) is 4.79 Å². The Hall–Kier alpha value is -1.26. The van der Waals surface area contributed by atoms with E-state index in [0.29, 0.717) is 11.8 Å². The first-order chi connectivity index (χ1) is 8.72. The molecule has 3 atom stereocenters. The molecule has 5 heteroatoms. The quantitative estimate of drug-likeness (QED) is 0.776. The second-order valence-electron chi connectivity index (χ2n) is 7.14. The molecule has 1 saturated heterocycles. The minimum absolute atomic E-state index is 0.100. The van der Waals surface area contributed by atoms with Gasteiger partial charge in [0.25, 0.3) is 0 Å². The maximum Gasteiger partial charge on any atom is 0.410 e. The molecule has 1 N–H and O–H groups in total. The van der Waals surface area contributed by atoms with Gasteiger partial charge in [0, 0.05) is 18.6 Å². The van der Waals surface area contributed by atoms with Gasteiger partial charge in [-0.25, -0.2) is 4.79 Å². The van der Waals surface area contributed by atoms with Crippen molar-refractivity contribution < 1.29 is 14.3 Å². The molecule has 5 nitrogen and oxygen atoms in total. The summed E-state index contributed by atoms with van der Waals surface area (Å²) in [6, 6.07) is 0. The van der Waals surface area contributed by atoms with Crippen LogP contribution in [0.2, 0.25) is 0 Å². The zero-order valence-electron chi connectivity index (χ0n) is 12.2. The first-order valence-corrected chi connectivity index (χ1v) is 6.92. The molecule has 1 heterocycles.